The number of carbonyl (C=O) groups excluding carboxylic acids is 1. The third-order valence-corrected chi connectivity index (χ3v) is 3.90. The number of rotatable bonds is 5. The molecule has 9 heteroatoms. The summed E-state index contributed by atoms with van der Waals surface area (Å²) in [5.74, 6) is 0.133. The highest BCUT2D eigenvalue weighted by Crippen LogP contribution is 2.25. The molecule has 0 saturated carbocycles. The fraction of sp³-hybridized carbons (Fsp3) is 0.0588. The summed E-state index contributed by atoms with van der Waals surface area (Å²) in [6, 6.07) is 12.6. The van der Waals surface area contributed by atoms with E-state index in [2.05, 4.69) is 21.1 Å². The number of hydrogen-bond donors (Lipinski definition) is 0. The molecule has 2 aromatic carbocycles. The summed E-state index contributed by atoms with van der Waals surface area (Å²) in [5, 5.41) is 14.4. The molecule has 0 radical (unpaired) electrons. The van der Waals surface area contributed by atoms with Gasteiger partial charge in [-0.1, -0.05) is 33.2 Å². The Morgan fingerprint density at radius 3 is 2.50 bits per heavy atom. The van der Waals surface area contributed by atoms with Crippen molar-refractivity contribution in [2.45, 2.75) is 6.61 Å². The fourth-order valence-electron chi connectivity index (χ4n) is 2.12. The number of ether oxygens (including phenoxy) is 2. The lowest BCUT2D eigenvalue weighted by Crippen LogP contribution is -2.11. The molecule has 0 amide bonds. The summed E-state index contributed by atoms with van der Waals surface area (Å²) >= 11 is 3.36. The van der Waals surface area contributed by atoms with E-state index in [1.165, 1.54) is 30.5 Å². The summed E-state index contributed by atoms with van der Waals surface area (Å²) in [4.78, 5) is 21.8. The Balaban J connectivity index is 1.61. The zero-order valence-corrected chi connectivity index (χ0v) is 14.7. The Morgan fingerprint density at radius 1 is 1.15 bits per heavy atom. The maximum atomic E-state index is 11.8. The SMILES string of the molecule is O=C(OCc1nocc1-c1ccc(Br)cc1)Oc1ccc([N+](=O)[O-])cc1. The second kappa shape index (κ2) is 7.79. The van der Waals surface area contributed by atoms with Crippen LogP contribution in [0.3, 0.4) is 0 Å². The lowest BCUT2D eigenvalue weighted by Gasteiger charge is -2.05. The van der Waals surface area contributed by atoms with E-state index in [1.807, 2.05) is 24.3 Å². The molecule has 132 valence electrons. The second-order valence-electron chi connectivity index (χ2n) is 5.07. The van der Waals surface area contributed by atoms with Crippen molar-refractivity contribution in [3.05, 3.63) is 75.1 Å². The minimum atomic E-state index is -0.955. The van der Waals surface area contributed by atoms with Crippen molar-refractivity contribution >= 4 is 27.8 Å². The third kappa shape index (κ3) is 4.25. The van der Waals surface area contributed by atoms with Crippen LogP contribution in [0.2, 0.25) is 0 Å². The van der Waals surface area contributed by atoms with Gasteiger partial charge in [0.05, 0.1) is 4.92 Å². The summed E-state index contributed by atoms with van der Waals surface area (Å²) in [6.45, 7) is -0.145. The molecule has 0 fully saturated rings. The number of non-ortho nitro benzene ring substituents is 1. The van der Waals surface area contributed by atoms with Crippen molar-refractivity contribution in [1.82, 2.24) is 5.16 Å². The molecule has 0 aliphatic carbocycles. The molecule has 0 atom stereocenters. The van der Waals surface area contributed by atoms with Gasteiger partial charge in [0, 0.05) is 22.2 Å². The Kier molecular flexibility index (Phi) is 5.28. The van der Waals surface area contributed by atoms with Crippen molar-refractivity contribution in [2.75, 3.05) is 0 Å². The minimum absolute atomic E-state index is 0.104. The predicted octanol–water partition coefficient (Wildman–Crippen LogP) is 4.73. The average Bonchev–Trinajstić information content (AvgIpc) is 3.09. The predicted molar refractivity (Wildman–Crippen MR) is 93.5 cm³/mol. The van der Waals surface area contributed by atoms with Crippen LogP contribution >= 0.6 is 15.9 Å². The van der Waals surface area contributed by atoms with Crippen molar-refractivity contribution < 1.29 is 23.7 Å². The molecule has 3 aromatic rings. The van der Waals surface area contributed by atoms with Gasteiger partial charge < -0.3 is 14.0 Å². The summed E-state index contributed by atoms with van der Waals surface area (Å²) in [5.41, 5.74) is 1.89. The van der Waals surface area contributed by atoms with E-state index < -0.39 is 11.1 Å². The summed E-state index contributed by atoms with van der Waals surface area (Å²) in [6.07, 6.45) is 0.507. The number of nitro benzene ring substituents is 1. The zero-order chi connectivity index (χ0) is 18.5. The standard InChI is InChI=1S/C17H11BrN2O6/c18-12-3-1-11(2-4-12)15-9-25-19-16(15)10-24-17(21)26-14-7-5-13(6-8-14)20(22)23/h1-9H,10H2. The van der Waals surface area contributed by atoms with Crippen LogP contribution in [-0.2, 0) is 11.3 Å². The van der Waals surface area contributed by atoms with E-state index in [1.54, 1.807) is 0 Å². The first-order valence-electron chi connectivity index (χ1n) is 7.31. The molecule has 0 bridgehead atoms. The normalized spacial score (nSPS) is 10.3. The van der Waals surface area contributed by atoms with Gasteiger partial charge in [0.15, 0.2) is 0 Å². The van der Waals surface area contributed by atoms with Gasteiger partial charge in [0.1, 0.15) is 24.3 Å². The maximum Gasteiger partial charge on any atom is 0.514 e. The first-order valence-corrected chi connectivity index (χ1v) is 8.10. The molecule has 1 aromatic heterocycles. The Labute approximate surface area is 155 Å². The van der Waals surface area contributed by atoms with E-state index in [0.29, 0.717) is 11.3 Å². The first kappa shape index (κ1) is 17.6. The van der Waals surface area contributed by atoms with Crippen LogP contribution < -0.4 is 4.74 Å². The molecule has 0 N–H and O–H groups in total. The van der Waals surface area contributed by atoms with Gasteiger partial charge in [0.25, 0.3) is 5.69 Å². The lowest BCUT2D eigenvalue weighted by molar-refractivity contribution is -0.384. The van der Waals surface area contributed by atoms with E-state index in [0.717, 1.165) is 10.0 Å². The van der Waals surface area contributed by atoms with Crippen molar-refractivity contribution in [1.29, 1.82) is 0 Å². The van der Waals surface area contributed by atoms with Crippen LogP contribution in [0.4, 0.5) is 10.5 Å². The van der Waals surface area contributed by atoms with Gasteiger partial charge >= 0.3 is 6.16 Å². The highest BCUT2D eigenvalue weighted by Gasteiger charge is 2.14. The summed E-state index contributed by atoms with van der Waals surface area (Å²) < 4.78 is 15.9. The molecular formula is C17H11BrN2O6. The Morgan fingerprint density at radius 2 is 1.85 bits per heavy atom. The van der Waals surface area contributed by atoms with E-state index in [-0.39, 0.29) is 18.0 Å². The smallest absolute Gasteiger partial charge is 0.427 e. The quantitative estimate of drug-likeness (QED) is 0.255. The van der Waals surface area contributed by atoms with E-state index in [4.69, 9.17) is 14.0 Å². The molecular weight excluding hydrogens is 408 g/mol. The molecule has 3 rings (SSSR count). The number of carbonyl (C=O) groups is 1. The number of aromatic nitrogens is 1. The van der Waals surface area contributed by atoms with Gasteiger partial charge in [-0.2, -0.15) is 0 Å². The molecule has 0 spiro atoms. The monoisotopic (exact) mass is 418 g/mol. The van der Waals surface area contributed by atoms with Gasteiger partial charge in [-0.05, 0) is 29.8 Å². The highest BCUT2D eigenvalue weighted by atomic mass is 79.9. The lowest BCUT2D eigenvalue weighted by atomic mass is 10.1. The molecule has 0 unspecified atom stereocenters. The fourth-order valence-corrected chi connectivity index (χ4v) is 2.38. The maximum absolute atomic E-state index is 11.8. The Bertz CT molecular complexity index is 921. The number of nitro groups is 1. The molecule has 0 saturated heterocycles. The van der Waals surface area contributed by atoms with Crippen LogP contribution in [-0.4, -0.2) is 16.2 Å². The molecule has 0 aliphatic heterocycles. The third-order valence-electron chi connectivity index (χ3n) is 3.38. The van der Waals surface area contributed by atoms with Gasteiger partial charge in [0.2, 0.25) is 0 Å². The van der Waals surface area contributed by atoms with E-state index >= 15 is 0 Å². The topological polar surface area (TPSA) is 105 Å². The number of benzene rings is 2. The van der Waals surface area contributed by atoms with Crippen LogP contribution in [0.15, 0.2) is 63.8 Å². The van der Waals surface area contributed by atoms with Crippen LogP contribution in [0.5, 0.6) is 5.75 Å². The zero-order valence-electron chi connectivity index (χ0n) is 13.1. The molecule has 0 aliphatic rings. The van der Waals surface area contributed by atoms with E-state index in [9.17, 15) is 14.9 Å². The van der Waals surface area contributed by atoms with Crippen molar-refractivity contribution in [3.63, 3.8) is 0 Å². The number of nitrogens with zero attached hydrogens (tertiary/aromatic N) is 2. The van der Waals surface area contributed by atoms with Gasteiger partial charge in [-0.3, -0.25) is 10.1 Å². The summed E-state index contributed by atoms with van der Waals surface area (Å²) in [7, 11) is 0. The van der Waals surface area contributed by atoms with Crippen molar-refractivity contribution in [2.24, 2.45) is 0 Å². The van der Waals surface area contributed by atoms with Crippen LogP contribution in [0.25, 0.3) is 11.1 Å². The number of hydrogen-bond acceptors (Lipinski definition) is 7. The van der Waals surface area contributed by atoms with Gasteiger partial charge in [-0.25, -0.2) is 4.79 Å². The average molecular weight is 419 g/mol. The van der Waals surface area contributed by atoms with Gasteiger partial charge in [-0.15, -0.1) is 0 Å². The van der Waals surface area contributed by atoms with Crippen LogP contribution in [0.1, 0.15) is 5.69 Å². The molecule has 1 heterocycles. The molecule has 8 nitrogen and oxygen atoms in total. The largest absolute Gasteiger partial charge is 0.514 e. The molecule has 26 heavy (non-hydrogen) atoms. The Hall–Kier alpha value is -3.20. The number of halogens is 1. The first-order chi connectivity index (χ1) is 12.5. The minimum Gasteiger partial charge on any atom is -0.427 e. The highest BCUT2D eigenvalue weighted by molar-refractivity contribution is 9.10. The second-order valence-corrected chi connectivity index (χ2v) is 5.99. The van der Waals surface area contributed by atoms with Crippen molar-refractivity contribution in [3.8, 4) is 16.9 Å². The van der Waals surface area contributed by atoms with Crippen LogP contribution in [0, 0.1) is 10.1 Å².